The monoisotopic (exact) mass is 374 g/mol. The van der Waals surface area contributed by atoms with Crippen LogP contribution in [0.1, 0.15) is 47.0 Å². The summed E-state index contributed by atoms with van der Waals surface area (Å²) in [5.41, 5.74) is -1.95. The first kappa shape index (κ1) is 20.3. The Morgan fingerprint density at radius 3 is 2.35 bits per heavy atom. The van der Waals surface area contributed by atoms with E-state index in [0.717, 1.165) is 0 Å². The van der Waals surface area contributed by atoms with E-state index < -0.39 is 35.0 Å². The lowest BCUT2D eigenvalue weighted by Crippen LogP contribution is -2.56. The average Bonchev–Trinajstić information content (AvgIpc) is 2.46. The van der Waals surface area contributed by atoms with Gasteiger partial charge in [-0.2, -0.15) is 13.2 Å². The van der Waals surface area contributed by atoms with Gasteiger partial charge in [-0.05, 0) is 33.3 Å². The van der Waals surface area contributed by atoms with E-state index in [9.17, 15) is 32.3 Å². The maximum atomic E-state index is 13.0. The molecule has 4 atom stereocenters. The van der Waals surface area contributed by atoms with Crippen LogP contribution in [0.5, 0.6) is 0 Å². The zero-order valence-corrected chi connectivity index (χ0v) is 15.0. The molecule has 1 fully saturated rings. The number of fused-ring (bicyclic) bond motifs is 1. The molecule has 0 unspecified atom stereocenters. The quantitative estimate of drug-likeness (QED) is 0.561. The highest BCUT2D eigenvalue weighted by molar-refractivity contribution is 6.05. The summed E-state index contributed by atoms with van der Waals surface area (Å²) >= 11 is 0. The van der Waals surface area contributed by atoms with Crippen LogP contribution in [0.2, 0.25) is 0 Å². The van der Waals surface area contributed by atoms with Crippen LogP contribution in [0.4, 0.5) is 13.2 Å². The Balaban J connectivity index is 2.38. The van der Waals surface area contributed by atoms with E-state index in [-0.39, 0.29) is 36.6 Å². The van der Waals surface area contributed by atoms with Gasteiger partial charge in [0.15, 0.2) is 0 Å². The van der Waals surface area contributed by atoms with Gasteiger partial charge in [-0.25, -0.2) is 4.79 Å². The van der Waals surface area contributed by atoms with Crippen LogP contribution in [-0.4, -0.2) is 35.6 Å². The zero-order chi connectivity index (χ0) is 20.1. The number of esters is 1. The Bertz CT molecular complexity index is 708. The van der Waals surface area contributed by atoms with Crippen molar-refractivity contribution in [1.82, 2.24) is 0 Å². The molecule has 8 heteroatoms. The van der Waals surface area contributed by atoms with E-state index in [1.807, 2.05) is 0 Å². The molecule has 0 radical (unpaired) electrons. The Morgan fingerprint density at radius 2 is 1.85 bits per heavy atom. The van der Waals surface area contributed by atoms with Crippen LogP contribution in [0.25, 0.3) is 0 Å². The molecular formula is C18H21F3O5. The van der Waals surface area contributed by atoms with Crippen LogP contribution >= 0.6 is 0 Å². The number of rotatable bonds is 3. The van der Waals surface area contributed by atoms with Crippen molar-refractivity contribution in [3.05, 3.63) is 11.6 Å². The molecule has 0 N–H and O–H groups in total. The molecule has 2 aliphatic rings. The molecule has 2 rings (SSSR count). The number of hydrogen-bond donors (Lipinski definition) is 0. The van der Waals surface area contributed by atoms with E-state index in [2.05, 4.69) is 4.74 Å². The highest BCUT2D eigenvalue weighted by Crippen LogP contribution is 2.53. The maximum absolute atomic E-state index is 13.0. The standard InChI is InChI=1S/C18H21F3O5/c1-9-5-11(26-15(25)18(19,20)21)6-12-14(24)16(3,7-10(2)22)8-13(23)17(9,12)4/h5,11-12H,6-8H2,1-4H3/t11-,12-,16+,17-/m0/s1. The molecule has 0 amide bonds. The molecule has 1 saturated carbocycles. The number of halogens is 3. The van der Waals surface area contributed by atoms with E-state index in [1.165, 1.54) is 19.9 Å². The average molecular weight is 374 g/mol. The third kappa shape index (κ3) is 3.33. The van der Waals surface area contributed by atoms with E-state index in [4.69, 9.17) is 0 Å². The van der Waals surface area contributed by atoms with Crippen LogP contribution in [-0.2, 0) is 23.9 Å². The number of Topliss-reactive ketones (excluding diaryl/α,β-unsaturated/α-hetero) is 3. The second-order valence-electron chi connectivity index (χ2n) is 7.69. The van der Waals surface area contributed by atoms with Crippen molar-refractivity contribution in [2.24, 2.45) is 16.7 Å². The van der Waals surface area contributed by atoms with Crippen molar-refractivity contribution < 1.29 is 37.1 Å². The van der Waals surface area contributed by atoms with Gasteiger partial charge < -0.3 is 4.74 Å². The third-order valence-corrected chi connectivity index (χ3v) is 5.59. The number of alkyl halides is 3. The highest BCUT2D eigenvalue weighted by atomic mass is 19.4. The van der Waals surface area contributed by atoms with E-state index in [1.54, 1.807) is 13.8 Å². The number of carbonyl (C=O) groups excluding carboxylic acids is 4. The molecule has 26 heavy (non-hydrogen) atoms. The molecule has 0 aromatic carbocycles. The fourth-order valence-corrected chi connectivity index (χ4v) is 4.08. The Hall–Kier alpha value is -1.99. The van der Waals surface area contributed by atoms with Crippen molar-refractivity contribution in [2.45, 2.75) is 59.2 Å². The highest BCUT2D eigenvalue weighted by Gasteiger charge is 2.59. The minimum atomic E-state index is -5.14. The van der Waals surface area contributed by atoms with Crippen molar-refractivity contribution in [3.63, 3.8) is 0 Å². The smallest absolute Gasteiger partial charge is 0.451 e. The maximum Gasteiger partial charge on any atom is 0.490 e. The predicted molar refractivity (Wildman–Crippen MR) is 83.9 cm³/mol. The van der Waals surface area contributed by atoms with Crippen molar-refractivity contribution in [1.29, 1.82) is 0 Å². The summed E-state index contributed by atoms with van der Waals surface area (Å²) in [6.45, 7) is 5.97. The van der Waals surface area contributed by atoms with E-state index >= 15 is 0 Å². The molecule has 2 aliphatic carbocycles. The zero-order valence-electron chi connectivity index (χ0n) is 15.0. The molecular weight excluding hydrogens is 353 g/mol. The van der Waals surface area contributed by atoms with Crippen LogP contribution < -0.4 is 0 Å². The third-order valence-electron chi connectivity index (χ3n) is 5.59. The minimum absolute atomic E-state index is 0.101. The summed E-state index contributed by atoms with van der Waals surface area (Å²) in [5.74, 6) is -4.11. The molecule has 0 saturated heterocycles. The molecule has 0 aliphatic heterocycles. The summed E-state index contributed by atoms with van der Waals surface area (Å²) in [6.07, 6.45) is -5.51. The Morgan fingerprint density at radius 1 is 1.27 bits per heavy atom. The van der Waals surface area contributed by atoms with Gasteiger partial charge in [0.1, 0.15) is 23.5 Å². The van der Waals surface area contributed by atoms with Crippen LogP contribution in [0.3, 0.4) is 0 Å². The van der Waals surface area contributed by atoms with Gasteiger partial charge in [-0.3, -0.25) is 14.4 Å². The first-order chi connectivity index (χ1) is 11.7. The molecule has 0 aromatic rings. The van der Waals surface area contributed by atoms with Gasteiger partial charge in [0.25, 0.3) is 0 Å². The van der Waals surface area contributed by atoms with Crippen molar-refractivity contribution >= 4 is 23.3 Å². The summed E-state index contributed by atoms with van der Waals surface area (Å²) in [5, 5.41) is 0. The number of ketones is 3. The molecule has 0 bridgehead atoms. The van der Waals surface area contributed by atoms with Crippen LogP contribution in [0, 0.1) is 16.7 Å². The van der Waals surface area contributed by atoms with Gasteiger partial charge in [0, 0.05) is 24.2 Å². The lowest BCUT2D eigenvalue weighted by Gasteiger charge is -2.49. The topological polar surface area (TPSA) is 77.5 Å². The first-order valence-electron chi connectivity index (χ1n) is 8.25. The Labute approximate surface area is 148 Å². The van der Waals surface area contributed by atoms with E-state index in [0.29, 0.717) is 5.57 Å². The summed E-state index contributed by atoms with van der Waals surface area (Å²) in [6, 6.07) is 0. The Kier molecular flexibility index (Phi) is 4.94. The molecule has 0 aromatic heterocycles. The fraction of sp³-hybridized carbons (Fsp3) is 0.667. The SMILES string of the molecule is CC(=O)C[C@]1(C)CC(=O)[C@@]2(C)C(C)=C[C@H](OC(=O)C(F)(F)F)C[C@H]2C1=O. The molecule has 144 valence electrons. The van der Waals surface area contributed by atoms with Crippen LogP contribution in [0.15, 0.2) is 11.6 Å². The lowest BCUT2D eigenvalue weighted by atomic mass is 9.52. The summed E-state index contributed by atoms with van der Waals surface area (Å²) in [7, 11) is 0. The minimum Gasteiger partial charge on any atom is -0.451 e. The largest absolute Gasteiger partial charge is 0.490 e. The normalized spacial score (nSPS) is 34.8. The van der Waals surface area contributed by atoms with Gasteiger partial charge >= 0.3 is 12.1 Å². The number of allylic oxidation sites excluding steroid dienone is 1. The first-order valence-corrected chi connectivity index (χ1v) is 8.25. The van der Waals surface area contributed by atoms with Gasteiger partial charge in [-0.15, -0.1) is 0 Å². The fourth-order valence-electron chi connectivity index (χ4n) is 4.08. The van der Waals surface area contributed by atoms with Gasteiger partial charge in [-0.1, -0.05) is 12.5 Å². The predicted octanol–water partition coefficient (Wildman–Crippen LogP) is 2.96. The summed E-state index contributed by atoms with van der Waals surface area (Å²) < 4.78 is 41.9. The number of hydrogen-bond acceptors (Lipinski definition) is 5. The van der Waals surface area contributed by atoms with Gasteiger partial charge in [0.2, 0.25) is 0 Å². The summed E-state index contributed by atoms with van der Waals surface area (Å²) in [4.78, 5) is 48.5. The molecule has 5 nitrogen and oxygen atoms in total. The van der Waals surface area contributed by atoms with Crippen molar-refractivity contribution in [3.8, 4) is 0 Å². The second kappa shape index (κ2) is 6.32. The van der Waals surface area contributed by atoms with Crippen molar-refractivity contribution in [2.75, 3.05) is 0 Å². The number of ether oxygens (including phenoxy) is 1. The van der Waals surface area contributed by atoms with Gasteiger partial charge in [0.05, 0.1) is 5.41 Å². The molecule has 0 spiro atoms. The number of carbonyl (C=O) groups is 4. The second-order valence-corrected chi connectivity index (χ2v) is 7.69. The molecule has 0 heterocycles. The lowest BCUT2D eigenvalue weighted by molar-refractivity contribution is -0.204.